The summed E-state index contributed by atoms with van der Waals surface area (Å²) in [7, 11) is 2.12. The van der Waals surface area contributed by atoms with Crippen LogP contribution in [0.2, 0.25) is 0 Å². The van der Waals surface area contributed by atoms with Gasteiger partial charge in [0.25, 0.3) is 0 Å². The zero-order valence-corrected chi connectivity index (χ0v) is 8.89. The number of aryl methyl sites for hydroxylation is 1. The molecule has 0 aromatic carbocycles. The lowest BCUT2D eigenvalue weighted by Crippen LogP contribution is -2.32. The van der Waals surface area contributed by atoms with Gasteiger partial charge in [-0.1, -0.05) is 0 Å². The molecule has 0 aliphatic carbocycles. The number of nitrogens with zero attached hydrogens (tertiary/aromatic N) is 2. The van der Waals surface area contributed by atoms with Gasteiger partial charge in [0.1, 0.15) is 0 Å². The fourth-order valence-electron chi connectivity index (χ4n) is 1.65. The first-order valence-corrected chi connectivity index (χ1v) is 5.92. The molecule has 1 aromatic heterocycles. The molecule has 0 unspecified atom stereocenters. The molecule has 0 atom stereocenters. The molecule has 1 fully saturated rings. The molecule has 1 aliphatic heterocycles. The van der Waals surface area contributed by atoms with E-state index >= 15 is 0 Å². The van der Waals surface area contributed by atoms with E-state index in [0.717, 1.165) is 6.54 Å². The van der Waals surface area contributed by atoms with E-state index in [1.165, 1.54) is 30.3 Å². The summed E-state index contributed by atoms with van der Waals surface area (Å²) < 4.78 is 2.21. The second kappa shape index (κ2) is 4.20. The maximum absolute atomic E-state index is 2.53. The molecular weight excluding hydrogens is 180 g/mol. The Morgan fingerprint density at radius 1 is 1.38 bits per heavy atom. The number of rotatable bonds is 2. The van der Waals surface area contributed by atoms with E-state index in [2.05, 4.69) is 46.6 Å². The van der Waals surface area contributed by atoms with Gasteiger partial charge in [0, 0.05) is 50.1 Å². The van der Waals surface area contributed by atoms with Crippen molar-refractivity contribution in [3.8, 4) is 0 Å². The van der Waals surface area contributed by atoms with Gasteiger partial charge in [-0.3, -0.25) is 4.90 Å². The maximum atomic E-state index is 2.53. The molecular formula is C10H16N2S. The van der Waals surface area contributed by atoms with Gasteiger partial charge < -0.3 is 4.57 Å². The average Bonchev–Trinajstić information content (AvgIpc) is 2.54. The van der Waals surface area contributed by atoms with E-state index in [1.54, 1.807) is 0 Å². The summed E-state index contributed by atoms with van der Waals surface area (Å²) in [5.41, 5.74) is 1.42. The van der Waals surface area contributed by atoms with E-state index in [0.29, 0.717) is 0 Å². The normalized spacial score (nSPS) is 19.2. The highest BCUT2D eigenvalue weighted by atomic mass is 32.2. The summed E-state index contributed by atoms with van der Waals surface area (Å²) in [4.78, 5) is 2.53. The van der Waals surface area contributed by atoms with Crippen LogP contribution in [-0.4, -0.2) is 34.1 Å². The van der Waals surface area contributed by atoms with Crippen LogP contribution in [0.25, 0.3) is 0 Å². The lowest BCUT2D eigenvalue weighted by Gasteiger charge is -2.26. The molecule has 0 bridgehead atoms. The van der Waals surface area contributed by atoms with Crippen LogP contribution in [0.4, 0.5) is 0 Å². The van der Waals surface area contributed by atoms with Gasteiger partial charge in [0.05, 0.1) is 0 Å². The van der Waals surface area contributed by atoms with Crippen molar-refractivity contribution < 1.29 is 0 Å². The van der Waals surface area contributed by atoms with Gasteiger partial charge in [0.2, 0.25) is 0 Å². The van der Waals surface area contributed by atoms with Gasteiger partial charge in [-0.25, -0.2) is 0 Å². The minimum Gasteiger partial charge on any atom is -0.353 e. The molecule has 3 heteroatoms. The lowest BCUT2D eigenvalue weighted by molar-refractivity contribution is 0.288. The Bertz CT molecular complexity index is 264. The molecule has 0 amide bonds. The van der Waals surface area contributed by atoms with E-state index in [9.17, 15) is 0 Å². The molecule has 0 radical (unpaired) electrons. The van der Waals surface area contributed by atoms with Crippen LogP contribution < -0.4 is 0 Å². The van der Waals surface area contributed by atoms with Crippen LogP contribution in [0.1, 0.15) is 5.69 Å². The summed E-state index contributed by atoms with van der Waals surface area (Å²) in [6.07, 6.45) is 2.12. The quantitative estimate of drug-likeness (QED) is 0.709. The summed E-state index contributed by atoms with van der Waals surface area (Å²) >= 11 is 2.07. The van der Waals surface area contributed by atoms with E-state index in [-0.39, 0.29) is 0 Å². The lowest BCUT2D eigenvalue weighted by atomic mass is 10.3. The first kappa shape index (κ1) is 9.16. The Labute approximate surface area is 83.9 Å². The van der Waals surface area contributed by atoms with Gasteiger partial charge in [-0.2, -0.15) is 11.8 Å². The van der Waals surface area contributed by atoms with Crippen molar-refractivity contribution >= 4 is 11.8 Å². The zero-order valence-electron chi connectivity index (χ0n) is 8.07. The summed E-state index contributed by atoms with van der Waals surface area (Å²) in [5, 5.41) is 0. The highest BCUT2D eigenvalue weighted by Gasteiger charge is 2.11. The Hall–Kier alpha value is -0.410. The number of hydrogen-bond donors (Lipinski definition) is 0. The van der Waals surface area contributed by atoms with Gasteiger partial charge in [-0.15, -0.1) is 0 Å². The molecule has 0 spiro atoms. The molecule has 0 saturated carbocycles. The minimum absolute atomic E-state index is 1.12. The molecule has 2 rings (SSSR count). The number of aromatic nitrogens is 1. The Balaban J connectivity index is 1.93. The smallest absolute Gasteiger partial charge is 0.0387 e. The monoisotopic (exact) mass is 196 g/mol. The van der Waals surface area contributed by atoms with Crippen LogP contribution in [0.5, 0.6) is 0 Å². The predicted molar refractivity (Wildman–Crippen MR) is 58.0 cm³/mol. The van der Waals surface area contributed by atoms with E-state index in [1.807, 2.05) is 0 Å². The van der Waals surface area contributed by atoms with Crippen molar-refractivity contribution in [3.63, 3.8) is 0 Å². The largest absolute Gasteiger partial charge is 0.353 e. The highest BCUT2D eigenvalue weighted by molar-refractivity contribution is 7.99. The van der Waals surface area contributed by atoms with Gasteiger partial charge in [0.15, 0.2) is 0 Å². The van der Waals surface area contributed by atoms with Crippen molar-refractivity contribution in [2.75, 3.05) is 24.6 Å². The van der Waals surface area contributed by atoms with Gasteiger partial charge >= 0.3 is 0 Å². The second-order valence-corrected chi connectivity index (χ2v) is 4.72. The van der Waals surface area contributed by atoms with Crippen molar-refractivity contribution in [1.29, 1.82) is 0 Å². The average molecular weight is 196 g/mol. The second-order valence-electron chi connectivity index (χ2n) is 3.50. The molecule has 2 nitrogen and oxygen atoms in total. The third-order valence-electron chi connectivity index (χ3n) is 2.54. The van der Waals surface area contributed by atoms with Crippen LogP contribution in [0.15, 0.2) is 18.3 Å². The minimum atomic E-state index is 1.12. The third kappa shape index (κ3) is 2.29. The number of hydrogen-bond acceptors (Lipinski definition) is 2. The first-order chi connectivity index (χ1) is 6.36. The fraction of sp³-hybridized carbons (Fsp3) is 0.600. The Morgan fingerprint density at radius 3 is 2.77 bits per heavy atom. The molecule has 2 heterocycles. The standard InChI is InChI=1S/C10H16N2S/c1-11-4-2-3-10(11)9-12-5-7-13-8-6-12/h2-4H,5-9H2,1H3. The molecule has 0 N–H and O–H groups in total. The Kier molecular flexibility index (Phi) is 2.96. The van der Waals surface area contributed by atoms with E-state index < -0.39 is 0 Å². The summed E-state index contributed by atoms with van der Waals surface area (Å²) in [6, 6.07) is 4.33. The van der Waals surface area contributed by atoms with Crippen LogP contribution >= 0.6 is 11.8 Å². The van der Waals surface area contributed by atoms with Crippen molar-refractivity contribution in [2.24, 2.45) is 7.05 Å². The summed E-state index contributed by atoms with van der Waals surface area (Å²) in [5.74, 6) is 2.59. The maximum Gasteiger partial charge on any atom is 0.0387 e. The highest BCUT2D eigenvalue weighted by Crippen LogP contribution is 2.12. The van der Waals surface area contributed by atoms with Gasteiger partial charge in [-0.05, 0) is 12.1 Å². The van der Waals surface area contributed by atoms with Crippen molar-refractivity contribution in [2.45, 2.75) is 6.54 Å². The molecule has 13 heavy (non-hydrogen) atoms. The molecule has 1 saturated heterocycles. The van der Waals surface area contributed by atoms with Crippen molar-refractivity contribution in [1.82, 2.24) is 9.47 Å². The SMILES string of the molecule is Cn1cccc1CN1CCSCC1. The summed E-state index contributed by atoms with van der Waals surface area (Å²) in [6.45, 7) is 3.61. The molecule has 1 aliphatic rings. The zero-order chi connectivity index (χ0) is 9.10. The molecule has 72 valence electrons. The Morgan fingerprint density at radius 2 is 2.15 bits per heavy atom. The predicted octanol–water partition coefficient (Wildman–Crippen LogP) is 1.57. The third-order valence-corrected chi connectivity index (χ3v) is 3.48. The molecule has 1 aromatic rings. The van der Waals surface area contributed by atoms with Crippen LogP contribution in [0.3, 0.4) is 0 Å². The van der Waals surface area contributed by atoms with Crippen LogP contribution in [-0.2, 0) is 13.6 Å². The van der Waals surface area contributed by atoms with E-state index in [4.69, 9.17) is 0 Å². The fourth-order valence-corrected chi connectivity index (χ4v) is 2.63. The first-order valence-electron chi connectivity index (χ1n) is 4.76. The van der Waals surface area contributed by atoms with Crippen molar-refractivity contribution in [3.05, 3.63) is 24.0 Å². The van der Waals surface area contributed by atoms with Crippen LogP contribution in [0, 0.1) is 0 Å². The number of thioether (sulfide) groups is 1. The topological polar surface area (TPSA) is 8.17 Å².